The standard InChI is InChI=1S/C28H26O5/c1-4-33-28(31)24-17(2)12-21-15-22(14-18-6-5-7-19(13-18)16-29)27(30)26(21)25(24)20-8-10-23(32-3)11-9-20/h5-14,16,25-26H,4,15H2,1-3H3/b22-14+. The molecule has 2 aromatic carbocycles. The summed E-state index contributed by atoms with van der Waals surface area (Å²) in [5, 5.41) is 0. The molecule has 2 aliphatic carbocycles. The van der Waals surface area contributed by atoms with Crippen LogP contribution in [0.15, 0.2) is 76.9 Å². The number of allylic oxidation sites excluding steroid dienone is 4. The summed E-state index contributed by atoms with van der Waals surface area (Å²) < 4.78 is 10.7. The Morgan fingerprint density at radius 3 is 2.48 bits per heavy atom. The Hall–Kier alpha value is -3.73. The Kier molecular flexibility index (Phi) is 6.40. The predicted octanol–water partition coefficient (Wildman–Crippen LogP) is 5.08. The molecule has 0 N–H and O–H groups in total. The van der Waals surface area contributed by atoms with Crippen molar-refractivity contribution in [1.29, 1.82) is 0 Å². The Bertz CT molecular complexity index is 1200. The van der Waals surface area contributed by atoms with Crippen LogP contribution in [0.2, 0.25) is 0 Å². The first-order valence-corrected chi connectivity index (χ1v) is 11.0. The van der Waals surface area contributed by atoms with Crippen LogP contribution < -0.4 is 4.74 Å². The third-order valence-corrected chi connectivity index (χ3v) is 6.22. The molecule has 0 heterocycles. The Morgan fingerprint density at radius 2 is 1.82 bits per heavy atom. The third kappa shape index (κ3) is 4.31. The van der Waals surface area contributed by atoms with Crippen molar-refractivity contribution in [3.8, 4) is 5.75 Å². The van der Waals surface area contributed by atoms with Gasteiger partial charge >= 0.3 is 5.97 Å². The number of benzene rings is 2. The van der Waals surface area contributed by atoms with Crippen LogP contribution in [0.25, 0.3) is 6.08 Å². The van der Waals surface area contributed by atoms with Crippen molar-refractivity contribution in [2.24, 2.45) is 5.92 Å². The average molecular weight is 443 g/mol. The van der Waals surface area contributed by atoms with Gasteiger partial charge in [-0.05, 0) is 61.2 Å². The number of esters is 1. The monoisotopic (exact) mass is 442 g/mol. The van der Waals surface area contributed by atoms with Gasteiger partial charge in [-0.1, -0.05) is 42.0 Å². The smallest absolute Gasteiger partial charge is 0.334 e. The highest BCUT2D eigenvalue weighted by Gasteiger charge is 2.45. The van der Waals surface area contributed by atoms with Crippen molar-refractivity contribution >= 4 is 24.1 Å². The number of aldehydes is 1. The molecule has 0 aliphatic heterocycles. The molecule has 1 fully saturated rings. The molecule has 2 aromatic rings. The lowest BCUT2D eigenvalue weighted by Crippen LogP contribution is -2.28. The molecule has 0 saturated heterocycles. The first kappa shape index (κ1) is 22.5. The van der Waals surface area contributed by atoms with Gasteiger partial charge in [0.1, 0.15) is 12.0 Å². The Morgan fingerprint density at radius 1 is 1.09 bits per heavy atom. The molecule has 0 amide bonds. The minimum Gasteiger partial charge on any atom is -0.497 e. The lowest BCUT2D eigenvalue weighted by atomic mass is 9.72. The number of methoxy groups -OCH3 is 1. The fourth-order valence-corrected chi connectivity index (χ4v) is 4.77. The van der Waals surface area contributed by atoms with Crippen LogP contribution in [-0.4, -0.2) is 31.8 Å². The number of fused-ring (bicyclic) bond motifs is 1. The zero-order valence-electron chi connectivity index (χ0n) is 19.0. The van der Waals surface area contributed by atoms with Gasteiger partial charge in [0.25, 0.3) is 0 Å². The molecule has 33 heavy (non-hydrogen) atoms. The number of hydrogen-bond acceptors (Lipinski definition) is 5. The molecule has 168 valence electrons. The van der Waals surface area contributed by atoms with Crippen molar-refractivity contribution in [2.45, 2.75) is 26.2 Å². The fourth-order valence-electron chi connectivity index (χ4n) is 4.77. The van der Waals surface area contributed by atoms with E-state index in [-0.39, 0.29) is 12.4 Å². The molecule has 2 aliphatic rings. The van der Waals surface area contributed by atoms with Crippen molar-refractivity contribution in [3.05, 3.63) is 93.6 Å². The van der Waals surface area contributed by atoms with Crippen LogP contribution in [0.5, 0.6) is 5.75 Å². The van der Waals surface area contributed by atoms with E-state index in [0.717, 1.165) is 28.6 Å². The van der Waals surface area contributed by atoms with Crippen LogP contribution in [-0.2, 0) is 14.3 Å². The van der Waals surface area contributed by atoms with Crippen LogP contribution in [0.4, 0.5) is 0 Å². The maximum absolute atomic E-state index is 13.7. The summed E-state index contributed by atoms with van der Waals surface area (Å²) in [6.45, 7) is 3.93. The van der Waals surface area contributed by atoms with E-state index in [1.54, 1.807) is 32.2 Å². The third-order valence-electron chi connectivity index (χ3n) is 6.22. The van der Waals surface area contributed by atoms with E-state index in [9.17, 15) is 14.4 Å². The van der Waals surface area contributed by atoms with Crippen molar-refractivity contribution < 1.29 is 23.9 Å². The molecule has 0 spiro atoms. The van der Waals surface area contributed by atoms with Gasteiger partial charge in [0.15, 0.2) is 5.78 Å². The van der Waals surface area contributed by atoms with Gasteiger partial charge in [-0.2, -0.15) is 0 Å². The lowest BCUT2D eigenvalue weighted by molar-refractivity contribution is -0.139. The first-order valence-electron chi connectivity index (χ1n) is 11.0. The average Bonchev–Trinajstić information content (AvgIpc) is 3.12. The van der Waals surface area contributed by atoms with Gasteiger partial charge in [-0.25, -0.2) is 4.79 Å². The quantitative estimate of drug-likeness (QED) is 0.354. The second-order valence-corrected chi connectivity index (χ2v) is 8.26. The largest absolute Gasteiger partial charge is 0.497 e. The van der Waals surface area contributed by atoms with Crippen LogP contribution in [0.3, 0.4) is 0 Å². The molecule has 5 nitrogen and oxygen atoms in total. The normalized spacial score (nSPS) is 21.0. The molecule has 5 heteroatoms. The molecular weight excluding hydrogens is 416 g/mol. The lowest BCUT2D eigenvalue weighted by Gasteiger charge is -2.30. The van der Waals surface area contributed by atoms with Gasteiger partial charge in [-0.15, -0.1) is 0 Å². The number of carbonyl (C=O) groups is 3. The first-order chi connectivity index (χ1) is 16.0. The van der Waals surface area contributed by atoms with Crippen molar-refractivity contribution in [3.63, 3.8) is 0 Å². The van der Waals surface area contributed by atoms with Gasteiger partial charge < -0.3 is 9.47 Å². The van der Waals surface area contributed by atoms with Gasteiger partial charge in [0.2, 0.25) is 0 Å². The predicted molar refractivity (Wildman–Crippen MR) is 126 cm³/mol. The second kappa shape index (κ2) is 9.41. The number of ether oxygens (including phenoxy) is 2. The summed E-state index contributed by atoms with van der Waals surface area (Å²) >= 11 is 0. The summed E-state index contributed by atoms with van der Waals surface area (Å²) in [4.78, 5) is 37.8. The SMILES string of the molecule is CCOC(=O)C1=C(C)C=C2C/C(=C\c3cccc(C=O)c3)C(=O)C2C1c1ccc(OC)cc1. The summed E-state index contributed by atoms with van der Waals surface area (Å²) in [6, 6.07) is 14.7. The van der Waals surface area contributed by atoms with Gasteiger partial charge in [0.05, 0.1) is 19.6 Å². The van der Waals surface area contributed by atoms with Crippen molar-refractivity contribution in [1.82, 2.24) is 0 Å². The minimum atomic E-state index is -0.470. The molecule has 0 radical (unpaired) electrons. The maximum Gasteiger partial charge on any atom is 0.334 e. The number of ketones is 1. The highest BCUT2D eigenvalue weighted by Crippen LogP contribution is 2.49. The Labute approximate surface area is 193 Å². The van der Waals surface area contributed by atoms with E-state index in [1.165, 1.54) is 0 Å². The van der Waals surface area contributed by atoms with Crippen molar-refractivity contribution in [2.75, 3.05) is 13.7 Å². The summed E-state index contributed by atoms with van der Waals surface area (Å²) in [5.74, 6) is -0.600. The second-order valence-electron chi connectivity index (χ2n) is 8.26. The molecule has 2 unspecified atom stereocenters. The van der Waals surface area contributed by atoms with E-state index in [4.69, 9.17) is 9.47 Å². The number of hydrogen-bond donors (Lipinski definition) is 0. The summed E-state index contributed by atoms with van der Waals surface area (Å²) in [7, 11) is 1.60. The molecule has 0 aromatic heterocycles. The minimum absolute atomic E-state index is 0.00660. The topological polar surface area (TPSA) is 69.7 Å². The van der Waals surface area contributed by atoms with E-state index in [1.807, 2.05) is 49.4 Å². The van der Waals surface area contributed by atoms with E-state index >= 15 is 0 Å². The number of carbonyl (C=O) groups excluding carboxylic acids is 3. The summed E-state index contributed by atoms with van der Waals surface area (Å²) in [5.41, 5.74) is 5.23. The fraction of sp³-hybridized carbons (Fsp3) is 0.250. The van der Waals surface area contributed by atoms with Gasteiger partial charge in [0, 0.05) is 22.6 Å². The summed E-state index contributed by atoms with van der Waals surface area (Å²) in [6.07, 6.45) is 5.10. The number of Topliss-reactive ketones (excluding diaryl/α,β-unsaturated/α-hetero) is 1. The molecule has 1 saturated carbocycles. The number of rotatable bonds is 6. The highest BCUT2D eigenvalue weighted by molar-refractivity contribution is 6.09. The van der Waals surface area contributed by atoms with E-state index in [0.29, 0.717) is 28.9 Å². The molecular formula is C28H26O5. The van der Waals surface area contributed by atoms with Crippen LogP contribution in [0, 0.1) is 5.92 Å². The highest BCUT2D eigenvalue weighted by atomic mass is 16.5. The van der Waals surface area contributed by atoms with Gasteiger partial charge in [-0.3, -0.25) is 9.59 Å². The maximum atomic E-state index is 13.7. The Balaban J connectivity index is 1.79. The molecule has 2 atom stereocenters. The van der Waals surface area contributed by atoms with E-state index in [2.05, 4.69) is 0 Å². The molecule has 4 rings (SSSR count). The van der Waals surface area contributed by atoms with Crippen LogP contribution >= 0.6 is 0 Å². The zero-order chi connectivity index (χ0) is 23.5. The van der Waals surface area contributed by atoms with E-state index < -0.39 is 17.8 Å². The molecule has 0 bridgehead atoms. The zero-order valence-corrected chi connectivity index (χ0v) is 19.0. The van der Waals surface area contributed by atoms with Crippen LogP contribution in [0.1, 0.15) is 47.7 Å².